The van der Waals surface area contributed by atoms with Crippen molar-refractivity contribution in [1.29, 1.82) is 0 Å². The van der Waals surface area contributed by atoms with Crippen LogP contribution in [0.3, 0.4) is 0 Å². The smallest absolute Gasteiger partial charge is 0.132 e. The molecule has 0 radical (unpaired) electrons. The summed E-state index contributed by atoms with van der Waals surface area (Å²) in [6, 6.07) is 4.04. The molecule has 2 aromatic rings. The quantitative estimate of drug-likeness (QED) is 0.535. The molecule has 0 amide bonds. The molecule has 0 bridgehead atoms. The number of hydrogen-bond acceptors (Lipinski definition) is 4. The fraction of sp³-hybridized carbons (Fsp3) is 0.522. The molecule has 2 unspecified atom stereocenters. The van der Waals surface area contributed by atoms with Crippen LogP contribution in [-0.4, -0.2) is 15.7 Å². The zero-order valence-corrected chi connectivity index (χ0v) is 17.9. The second kappa shape index (κ2) is 8.05. The molecule has 4 heteroatoms. The van der Waals surface area contributed by atoms with Gasteiger partial charge in [0.1, 0.15) is 22.1 Å². The Morgan fingerprint density at radius 1 is 1.22 bits per heavy atom. The summed E-state index contributed by atoms with van der Waals surface area (Å²) in [7, 11) is 0. The molecule has 3 nitrogen and oxygen atoms in total. The summed E-state index contributed by atoms with van der Waals surface area (Å²) in [6.07, 6.45) is 8.86. The zero-order valence-electron chi connectivity index (χ0n) is 17.1. The number of unbranched alkanes of at least 4 members (excludes halogenated alkanes) is 2. The van der Waals surface area contributed by atoms with Crippen LogP contribution in [0.1, 0.15) is 82.4 Å². The largest absolute Gasteiger partial charge is 0.507 e. The summed E-state index contributed by atoms with van der Waals surface area (Å²) in [6.45, 7) is 10.9. The van der Waals surface area contributed by atoms with E-state index in [0.29, 0.717) is 11.8 Å². The lowest BCUT2D eigenvalue weighted by atomic mass is 9.83. The van der Waals surface area contributed by atoms with Crippen molar-refractivity contribution in [3.05, 3.63) is 45.9 Å². The molecule has 2 heterocycles. The minimum atomic E-state index is -0.435. The number of thiazole rings is 1. The van der Waals surface area contributed by atoms with Crippen LogP contribution in [0.4, 0.5) is 0 Å². The molecule has 1 N–H and O–H groups in total. The highest BCUT2D eigenvalue weighted by Crippen LogP contribution is 2.46. The zero-order chi connectivity index (χ0) is 19.6. The SMILES string of the molecule is CCCCCC(C)C(C)c1cc(O)c2c(c1)OC(C)(C)C=C2c1nccs1. The number of nitrogens with zero attached hydrogens (tertiary/aromatic N) is 1. The first-order chi connectivity index (χ1) is 12.8. The highest BCUT2D eigenvalue weighted by atomic mass is 32.1. The molecule has 1 aliphatic heterocycles. The van der Waals surface area contributed by atoms with Gasteiger partial charge in [-0.15, -0.1) is 11.3 Å². The van der Waals surface area contributed by atoms with E-state index in [1.165, 1.54) is 25.7 Å². The second-order valence-electron chi connectivity index (χ2n) is 8.28. The van der Waals surface area contributed by atoms with Gasteiger partial charge in [0.15, 0.2) is 0 Å². The van der Waals surface area contributed by atoms with E-state index in [1.807, 2.05) is 25.3 Å². The van der Waals surface area contributed by atoms with Crippen LogP contribution in [0.25, 0.3) is 5.57 Å². The van der Waals surface area contributed by atoms with E-state index in [-0.39, 0.29) is 5.75 Å². The molecule has 146 valence electrons. The van der Waals surface area contributed by atoms with Crippen LogP contribution in [0.15, 0.2) is 29.8 Å². The van der Waals surface area contributed by atoms with Gasteiger partial charge in [-0.3, -0.25) is 0 Å². The van der Waals surface area contributed by atoms with Crippen molar-refractivity contribution in [2.75, 3.05) is 0 Å². The van der Waals surface area contributed by atoms with Gasteiger partial charge in [0.25, 0.3) is 0 Å². The predicted molar refractivity (Wildman–Crippen MR) is 114 cm³/mol. The number of ether oxygens (including phenoxy) is 1. The van der Waals surface area contributed by atoms with Crippen molar-refractivity contribution < 1.29 is 9.84 Å². The maximum absolute atomic E-state index is 10.9. The minimum Gasteiger partial charge on any atom is -0.507 e. The summed E-state index contributed by atoms with van der Waals surface area (Å²) in [5.41, 5.74) is 2.43. The number of benzene rings is 1. The van der Waals surface area contributed by atoms with Crippen molar-refractivity contribution in [3.8, 4) is 11.5 Å². The Morgan fingerprint density at radius 2 is 2.00 bits per heavy atom. The number of phenolic OH excluding ortho intramolecular Hbond substituents is 1. The van der Waals surface area contributed by atoms with Crippen LogP contribution in [0, 0.1) is 5.92 Å². The Morgan fingerprint density at radius 3 is 2.67 bits per heavy atom. The van der Waals surface area contributed by atoms with Crippen molar-refractivity contribution in [2.24, 2.45) is 5.92 Å². The summed E-state index contributed by atoms with van der Waals surface area (Å²) in [5.74, 6) is 1.99. The maximum atomic E-state index is 10.9. The van der Waals surface area contributed by atoms with E-state index in [2.05, 4.69) is 37.9 Å². The fourth-order valence-electron chi connectivity index (χ4n) is 3.79. The molecule has 2 atom stereocenters. The standard InChI is InChI=1S/C23H31NO2S/c1-6-7-8-9-15(2)16(3)17-12-19(25)21-18(22-24-10-11-27-22)14-23(4,5)26-20(21)13-17/h10-16,25H,6-9H2,1-5H3. The number of phenols is 1. The van der Waals surface area contributed by atoms with E-state index < -0.39 is 5.60 Å². The molecular formula is C23H31NO2S. The molecule has 0 saturated carbocycles. The third-order valence-electron chi connectivity index (χ3n) is 5.54. The van der Waals surface area contributed by atoms with Crippen LogP contribution < -0.4 is 4.74 Å². The van der Waals surface area contributed by atoms with Gasteiger partial charge in [0, 0.05) is 17.2 Å². The molecule has 1 aliphatic rings. The number of aromatic nitrogens is 1. The lowest BCUT2D eigenvalue weighted by molar-refractivity contribution is 0.157. The first kappa shape index (κ1) is 19.9. The highest BCUT2D eigenvalue weighted by molar-refractivity contribution is 7.10. The van der Waals surface area contributed by atoms with E-state index in [1.54, 1.807) is 17.5 Å². The fourth-order valence-corrected chi connectivity index (χ4v) is 4.45. The molecule has 1 aromatic carbocycles. The first-order valence-electron chi connectivity index (χ1n) is 10.0. The summed E-state index contributed by atoms with van der Waals surface area (Å²) in [4.78, 5) is 4.46. The maximum Gasteiger partial charge on any atom is 0.132 e. The summed E-state index contributed by atoms with van der Waals surface area (Å²) >= 11 is 1.58. The van der Waals surface area contributed by atoms with Gasteiger partial charge in [-0.25, -0.2) is 4.98 Å². The number of aromatic hydroxyl groups is 1. The first-order valence-corrected chi connectivity index (χ1v) is 10.9. The topological polar surface area (TPSA) is 42.4 Å². The normalized spacial score (nSPS) is 17.6. The van der Waals surface area contributed by atoms with Gasteiger partial charge >= 0.3 is 0 Å². The predicted octanol–water partition coefficient (Wildman–Crippen LogP) is 6.77. The van der Waals surface area contributed by atoms with Crippen molar-refractivity contribution in [3.63, 3.8) is 0 Å². The molecule has 0 spiro atoms. The number of fused-ring (bicyclic) bond motifs is 1. The Bertz CT molecular complexity index is 808. The minimum absolute atomic E-state index is 0.284. The van der Waals surface area contributed by atoms with Crippen LogP contribution >= 0.6 is 11.3 Å². The second-order valence-corrected chi connectivity index (χ2v) is 9.17. The Balaban J connectivity index is 1.95. The van der Waals surface area contributed by atoms with Crippen LogP contribution in [0.2, 0.25) is 0 Å². The average Bonchev–Trinajstić information content (AvgIpc) is 3.13. The van der Waals surface area contributed by atoms with E-state index in [0.717, 1.165) is 27.5 Å². The summed E-state index contributed by atoms with van der Waals surface area (Å²) in [5, 5.41) is 13.8. The molecule has 27 heavy (non-hydrogen) atoms. The van der Waals surface area contributed by atoms with E-state index in [4.69, 9.17) is 4.74 Å². The molecular weight excluding hydrogens is 354 g/mol. The average molecular weight is 386 g/mol. The Hall–Kier alpha value is -1.81. The summed E-state index contributed by atoms with van der Waals surface area (Å²) < 4.78 is 6.24. The van der Waals surface area contributed by atoms with Crippen molar-refractivity contribution in [2.45, 2.75) is 71.8 Å². The lowest BCUT2D eigenvalue weighted by Crippen LogP contribution is -2.29. The Labute approximate surface area is 167 Å². The molecule has 0 fully saturated rings. The van der Waals surface area contributed by atoms with Gasteiger partial charge in [-0.1, -0.05) is 46.5 Å². The van der Waals surface area contributed by atoms with E-state index >= 15 is 0 Å². The van der Waals surface area contributed by atoms with Gasteiger partial charge in [-0.05, 0) is 49.5 Å². The third-order valence-corrected chi connectivity index (χ3v) is 6.35. The van der Waals surface area contributed by atoms with Crippen molar-refractivity contribution >= 4 is 16.9 Å². The molecule has 0 aliphatic carbocycles. The van der Waals surface area contributed by atoms with E-state index in [9.17, 15) is 5.11 Å². The van der Waals surface area contributed by atoms with Gasteiger partial charge in [-0.2, -0.15) is 0 Å². The molecule has 1 aromatic heterocycles. The number of rotatable bonds is 7. The number of hydrogen-bond donors (Lipinski definition) is 1. The van der Waals surface area contributed by atoms with Crippen LogP contribution in [-0.2, 0) is 0 Å². The van der Waals surface area contributed by atoms with Crippen molar-refractivity contribution in [1.82, 2.24) is 4.98 Å². The lowest BCUT2D eigenvalue weighted by Gasteiger charge is -2.32. The molecule has 0 saturated heterocycles. The third kappa shape index (κ3) is 4.37. The monoisotopic (exact) mass is 385 g/mol. The highest BCUT2D eigenvalue weighted by Gasteiger charge is 2.31. The van der Waals surface area contributed by atoms with Crippen LogP contribution in [0.5, 0.6) is 11.5 Å². The van der Waals surface area contributed by atoms with Gasteiger partial charge in [0.2, 0.25) is 0 Å². The Kier molecular flexibility index (Phi) is 5.95. The van der Waals surface area contributed by atoms with Gasteiger partial charge < -0.3 is 9.84 Å². The van der Waals surface area contributed by atoms with Gasteiger partial charge in [0.05, 0.1) is 5.56 Å². The molecule has 3 rings (SSSR count).